The van der Waals surface area contributed by atoms with Gasteiger partial charge in [-0.2, -0.15) is 0 Å². The first-order valence-electron chi connectivity index (χ1n) is 10.1. The molecular weight excluding hydrogens is 386 g/mol. The Hall–Kier alpha value is -3.13. The Morgan fingerprint density at radius 2 is 1.97 bits per heavy atom. The lowest BCUT2D eigenvalue weighted by Gasteiger charge is -2.26. The molecule has 1 atom stereocenters. The lowest BCUT2D eigenvalue weighted by Crippen LogP contribution is -2.36. The first-order valence-corrected chi connectivity index (χ1v) is 10.1. The molecule has 8 nitrogen and oxygen atoms in total. The lowest BCUT2D eigenvalue weighted by atomic mass is 9.99. The number of anilines is 2. The molecular formula is C22H25N3O5. The third kappa shape index (κ3) is 3.82. The van der Waals surface area contributed by atoms with Crippen LogP contribution in [-0.2, 0) is 27.2 Å². The molecule has 4 rings (SSSR count). The van der Waals surface area contributed by atoms with Crippen LogP contribution in [0.1, 0.15) is 47.2 Å². The number of amides is 3. The summed E-state index contributed by atoms with van der Waals surface area (Å²) in [5, 5.41) is 15.4. The fraction of sp³-hybridized carbons (Fsp3) is 0.409. The van der Waals surface area contributed by atoms with Gasteiger partial charge in [-0.05, 0) is 62.4 Å². The molecule has 30 heavy (non-hydrogen) atoms. The minimum absolute atomic E-state index is 0.0776. The lowest BCUT2D eigenvalue weighted by molar-refractivity contribution is -0.136. The standard InChI is InChI=1S/C22H25N3O5/c1-12-8-17(13(2)30-12)18(26)5-6-23-21(28)22(29)24-16-9-14-4-3-7-25-19(27)11-15(10-16)20(14)25/h8-10,18,26H,3-7,11H2,1-2H3,(H,23,28)(H,24,29). The predicted molar refractivity (Wildman–Crippen MR) is 110 cm³/mol. The van der Waals surface area contributed by atoms with Crippen molar-refractivity contribution in [2.45, 2.75) is 45.6 Å². The zero-order chi connectivity index (χ0) is 21.4. The fourth-order valence-electron chi connectivity index (χ4n) is 4.28. The molecule has 3 N–H and O–H groups in total. The van der Waals surface area contributed by atoms with Crippen molar-refractivity contribution in [3.8, 4) is 0 Å². The van der Waals surface area contributed by atoms with Crippen LogP contribution < -0.4 is 15.5 Å². The Balaban J connectivity index is 1.33. The summed E-state index contributed by atoms with van der Waals surface area (Å²) in [5.41, 5.74) is 4.08. The van der Waals surface area contributed by atoms with E-state index in [0.717, 1.165) is 36.2 Å². The second-order valence-electron chi connectivity index (χ2n) is 7.85. The second-order valence-corrected chi connectivity index (χ2v) is 7.85. The number of aliphatic hydroxyl groups excluding tert-OH is 1. The van der Waals surface area contributed by atoms with Gasteiger partial charge < -0.3 is 25.1 Å². The highest BCUT2D eigenvalue weighted by atomic mass is 16.3. The van der Waals surface area contributed by atoms with Crippen molar-refractivity contribution in [3.05, 3.63) is 46.4 Å². The quantitative estimate of drug-likeness (QED) is 0.651. The van der Waals surface area contributed by atoms with E-state index in [2.05, 4.69) is 10.6 Å². The number of carbonyl (C=O) groups excluding carboxylic acids is 3. The molecule has 0 saturated heterocycles. The van der Waals surface area contributed by atoms with Gasteiger partial charge in [-0.1, -0.05) is 0 Å². The van der Waals surface area contributed by atoms with Crippen LogP contribution >= 0.6 is 0 Å². The van der Waals surface area contributed by atoms with E-state index in [1.807, 2.05) is 6.07 Å². The number of nitrogens with one attached hydrogen (secondary N) is 2. The molecule has 1 aromatic carbocycles. The summed E-state index contributed by atoms with van der Waals surface area (Å²) in [4.78, 5) is 38.4. The van der Waals surface area contributed by atoms with E-state index in [1.54, 1.807) is 30.9 Å². The molecule has 8 heteroatoms. The molecule has 0 spiro atoms. The highest BCUT2D eigenvalue weighted by Crippen LogP contribution is 2.38. The Bertz CT molecular complexity index is 1030. The third-order valence-corrected chi connectivity index (χ3v) is 5.61. The van der Waals surface area contributed by atoms with Gasteiger partial charge in [0.2, 0.25) is 5.91 Å². The first-order chi connectivity index (χ1) is 14.3. The number of nitrogens with zero attached hydrogens (tertiary/aromatic N) is 1. The van der Waals surface area contributed by atoms with E-state index in [-0.39, 0.29) is 18.9 Å². The molecule has 0 aliphatic carbocycles. The monoisotopic (exact) mass is 411 g/mol. The summed E-state index contributed by atoms with van der Waals surface area (Å²) in [6, 6.07) is 5.37. The predicted octanol–water partition coefficient (Wildman–Crippen LogP) is 1.91. The molecule has 158 valence electrons. The number of rotatable bonds is 5. The second kappa shape index (κ2) is 7.95. The molecule has 3 heterocycles. The van der Waals surface area contributed by atoms with E-state index in [0.29, 0.717) is 29.2 Å². The Morgan fingerprint density at radius 1 is 1.20 bits per heavy atom. The van der Waals surface area contributed by atoms with Crippen LogP contribution in [0.15, 0.2) is 22.6 Å². The SMILES string of the molecule is Cc1cc(C(O)CCNC(=O)C(=O)Nc2cc3c4c(c2)CC(=O)N4CCC3)c(C)o1. The summed E-state index contributed by atoms with van der Waals surface area (Å²) in [6.07, 6.45) is 1.53. The van der Waals surface area contributed by atoms with Crippen LogP contribution in [0.3, 0.4) is 0 Å². The Morgan fingerprint density at radius 3 is 2.70 bits per heavy atom. The van der Waals surface area contributed by atoms with Gasteiger partial charge >= 0.3 is 11.8 Å². The Kier molecular flexibility index (Phi) is 5.34. The molecule has 0 radical (unpaired) electrons. The number of carbonyl (C=O) groups is 3. The zero-order valence-electron chi connectivity index (χ0n) is 17.1. The van der Waals surface area contributed by atoms with Crippen molar-refractivity contribution in [3.63, 3.8) is 0 Å². The molecule has 2 aliphatic heterocycles. The molecule has 0 bridgehead atoms. The smallest absolute Gasteiger partial charge is 0.313 e. The van der Waals surface area contributed by atoms with Crippen molar-refractivity contribution in [1.82, 2.24) is 5.32 Å². The van der Waals surface area contributed by atoms with Gasteiger partial charge in [0.25, 0.3) is 0 Å². The Labute approximate surface area is 174 Å². The summed E-state index contributed by atoms with van der Waals surface area (Å²) in [6.45, 7) is 4.46. The minimum Gasteiger partial charge on any atom is -0.466 e. The highest BCUT2D eigenvalue weighted by molar-refractivity contribution is 6.39. The largest absolute Gasteiger partial charge is 0.466 e. The first kappa shape index (κ1) is 20.2. The van der Waals surface area contributed by atoms with Crippen LogP contribution in [-0.4, -0.2) is 35.9 Å². The average Bonchev–Trinajstić information content (AvgIpc) is 3.21. The van der Waals surface area contributed by atoms with E-state index in [1.165, 1.54) is 0 Å². The van der Waals surface area contributed by atoms with E-state index in [9.17, 15) is 19.5 Å². The van der Waals surface area contributed by atoms with Crippen LogP contribution in [0, 0.1) is 13.8 Å². The van der Waals surface area contributed by atoms with Crippen LogP contribution in [0.2, 0.25) is 0 Å². The van der Waals surface area contributed by atoms with Gasteiger partial charge in [0.1, 0.15) is 11.5 Å². The van der Waals surface area contributed by atoms with Crippen molar-refractivity contribution in [2.24, 2.45) is 0 Å². The maximum atomic E-state index is 12.3. The van der Waals surface area contributed by atoms with Crippen LogP contribution in [0.5, 0.6) is 0 Å². The zero-order valence-corrected chi connectivity index (χ0v) is 17.1. The number of hydrogen-bond donors (Lipinski definition) is 3. The third-order valence-electron chi connectivity index (χ3n) is 5.61. The van der Waals surface area contributed by atoms with Gasteiger partial charge in [0, 0.05) is 24.3 Å². The fourth-order valence-corrected chi connectivity index (χ4v) is 4.28. The minimum atomic E-state index is -0.781. The molecule has 1 aromatic heterocycles. The number of aliphatic hydroxyl groups is 1. The van der Waals surface area contributed by atoms with Gasteiger partial charge in [0.15, 0.2) is 0 Å². The van der Waals surface area contributed by atoms with Crippen molar-refractivity contribution < 1.29 is 23.9 Å². The summed E-state index contributed by atoms with van der Waals surface area (Å²) < 4.78 is 5.40. The topological polar surface area (TPSA) is 112 Å². The molecule has 0 saturated carbocycles. The van der Waals surface area contributed by atoms with E-state index in [4.69, 9.17) is 4.42 Å². The van der Waals surface area contributed by atoms with Crippen molar-refractivity contribution in [2.75, 3.05) is 23.3 Å². The number of hydrogen-bond acceptors (Lipinski definition) is 5. The highest BCUT2D eigenvalue weighted by Gasteiger charge is 2.32. The molecule has 2 aromatic rings. The summed E-state index contributed by atoms with van der Waals surface area (Å²) >= 11 is 0. The van der Waals surface area contributed by atoms with E-state index < -0.39 is 17.9 Å². The molecule has 0 fully saturated rings. The number of aryl methyl sites for hydroxylation is 3. The molecule has 2 aliphatic rings. The molecule has 3 amide bonds. The van der Waals surface area contributed by atoms with Crippen molar-refractivity contribution >= 4 is 29.1 Å². The van der Waals surface area contributed by atoms with Crippen LogP contribution in [0.25, 0.3) is 0 Å². The van der Waals surface area contributed by atoms with Gasteiger partial charge in [0.05, 0.1) is 18.2 Å². The molecule has 1 unspecified atom stereocenters. The van der Waals surface area contributed by atoms with Crippen LogP contribution in [0.4, 0.5) is 11.4 Å². The average molecular weight is 411 g/mol. The number of furan rings is 1. The summed E-state index contributed by atoms with van der Waals surface area (Å²) in [5.74, 6) is -0.114. The maximum Gasteiger partial charge on any atom is 0.313 e. The summed E-state index contributed by atoms with van der Waals surface area (Å²) in [7, 11) is 0. The number of benzene rings is 1. The van der Waals surface area contributed by atoms with Gasteiger partial charge in [-0.15, -0.1) is 0 Å². The van der Waals surface area contributed by atoms with Gasteiger partial charge in [-0.3, -0.25) is 14.4 Å². The van der Waals surface area contributed by atoms with Gasteiger partial charge in [-0.25, -0.2) is 0 Å². The normalized spacial score (nSPS) is 15.7. The maximum absolute atomic E-state index is 12.3. The van der Waals surface area contributed by atoms with E-state index >= 15 is 0 Å². The van der Waals surface area contributed by atoms with Crippen molar-refractivity contribution in [1.29, 1.82) is 0 Å².